The lowest BCUT2D eigenvalue weighted by Crippen LogP contribution is -2.48. The lowest BCUT2D eigenvalue weighted by atomic mass is 10.1. The first-order valence-corrected chi connectivity index (χ1v) is 12.7. The van der Waals surface area contributed by atoms with E-state index in [0.717, 1.165) is 59.0 Å². The monoisotopic (exact) mass is 495 g/mol. The number of thiazole rings is 1. The molecule has 5 rings (SSSR count). The van der Waals surface area contributed by atoms with Gasteiger partial charge < -0.3 is 24.6 Å². The molecule has 2 aliphatic heterocycles. The third kappa shape index (κ3) is 5.02. The number of pyridine rings is 1. The molecule has 2 amide bonds. The van der Waals surface area contributed by atoms with Crippen LogP contribution in [0.15, 0.2) is 29.8 Å². The summed E-state index contributed by atoms with van der Waals surface area (Å²) in [4.78, 5) is 36.5. The second kappa shape index (κ2) is 10.1. The minimum Gasteiger partial charge on any atom is -0.492 e. The Morgan fingerprint density at radius 1 is 1.23 bits per heavy atom. The van der Waals surface area contributed by atoms with Crippen molar-refractivity contribution in [2.24, 2.45) is 5.92 Å². The van der Waals surface area contributed by atoms with Crippen molar-refractivity contribution in [2.45, 2.75) is 19.8 Å². The number of nitrogens with one attached hydrogen (secondary N) is 1. The minimum absolute atomic E-state index is 0.106. The lowest BCUT2D eigenvalue weighted by Gasteiger charge is -2.35. The quantitative estimate of drug-likeness (QED) is 0.538. The molecule has 35 heavy (non-hydrogen) atoms. The van der Waals surface area contributed by atoms with Crippen LogP contribution in [0.3, 0.4) is 0 Å². The van der Waals surface area contributed by atoms with Crippen LogP contribution >= 0.6 is 11.3 Å². The zero-order valence-electron chi connectivity index (χ0n) is 20.0. The van der Waals surface area contributed by atoms with Crippen molar-refractivity contribution >= 4 is 39.1 Å². The molecular formula is C25H29N5O4S. The molecule has 4 heterocycles. The number of methoxy groups -OCH3 is 1. The molecule has 0 bridgehead atoms. The van der Waals surface area contributed by atoms with Gasteiger partial charge in [0.15, 0.2) is 0 Å². The van der Waals surface area contributed by atoms with Gasteiger partial charge in [0.05, 0.1) is 35.1 Å². The smallest absolute Gasteiger partial charge is 0.237 e. The topological polar surface area (TPSA) is 96.9 Å². The summed E-state index contributed by atoms with van der Waals surface area (Å²) in [5.41, 5.74) is 5.29. The number of ether oxygens (including phenoxy) is 2. The fraction of sp³-hybridized carbons (Fsp3) is 0.440. The maximum absolute atomic E-state index is 11.7. The van der Waals surface area contributed by atoms with Gasteiger partial charge in [0.2, 0.25) is 17.7 Å². The predicted octanol–water partition coefficient (Wildman–Crippen LogP) is 2.94. The SMILES string of the molecule is COc1nc(-c2cc(OCC[C@H]3CNC(=O)C3)c3scnc3c2)ccc1N1CCN(C(C)=O)CC1. The van der Waals surface area contributed by atoms with Gasteiger partial charge in [-0.15, -0.1) is 11.3 Å². The summed E-state index contributed by atoms with van der Waals surface area (Å²) in [6.07, 6.45) is 1.39. The van der Waals surface area contributed by atoms with E-state index in [9.17, 15) is 9.59 Å². The highest BCUT2D eigenvalue weighted by molar-refractivity contribution is 7.17. The van der Waals surface area contributed by atoms with Gasteiger partial charge in [0.25, 0.3) is 0 Å². The van der Waals surface area contributed by atoms with Gasteiger partial charge in [0, 0.05) is 51.6 Å². The van der Waals surface area contributed by atoms with Crippen LogP contribution in [-0.2, 0) is 9.59 Å². The standard InChI is InChI=1S/C25H29N5O4S/c1-16(31)29-6-8-30(9-7-29)21-4-3-19(28-25(21)33-2)18-12-20-24(35-15-27-20)22(13-18)34-10-5-17-11-23(32)26-14-17/h3-4,12-13,15,17H,5-11,14H2,1-2H3,(H,26,32)/t17-/m1/s1. The molecule has 0 unspecified atom stereocenters. The molecule has 1 atom stereocenters. The number of carbonyl (C=O) groups excluding carboxylic acids is 2. The van der Waals surface area contributed by atoms with Crippen LogP contribution < -0.4 is 19.7 Å². The Balaban J connectivity index is 1.35. The molecule has 2 aromatic heterocycles. The number of rotatable bonds is 7. The predicted molar refractivity (Wildman–Crippen MR) is 135 cm³/mol. The molecule has 9 nitrogen and oxygen atoms in total. The largest absolute Gasteiger partial charge is 0.492 e. The summed E-state index contributed by atoms with van der Waals surface area (Å²) in [6, 6.07) is 8.04. The average Bonchev–Trinajstić information content (AvgIpc) is 3.52. The van der Waals surface area contributed by atoms with Crippen molar-refractivity contribution < 1.29 is 19.1 Å². The van der Waals surface area contributed by atoms with Gasteiger partial charge in [-0.1, -0.05) is 0 Å². The summed E-state index contributed by atoms with van der Waals surface area (Å²) in [7, 11) is 1.63. The third-order valence-corrected chi connectivity index (χ3v) is 7.50. The van der Waals surface area contributed by atoms with Crippen molar-refractivity contribution in [3.05, 3.63) is 29.8 Å². The molecule has 184 valence electrons. The second-order valence-corrected chi connectivity index (χ2v) is 9.76. The highest BCUT2D eigenvalue weighted by atomic mass is 32.1. The molecule has 0 spiro atoms. The molecule has 0 radical (unpaired) electrons. The number of piperazine rings is 1. The van der Waals surface area contributed by atoms with Gasteiger partial charge in [-0.2, -0.15) is 0 Å². The first-order chi connectivity index (χ1) is 17.0. The number of hydrogen-bond acceptors (Lipinski definition) is 8. The lowest BCUT2D eigenvalue weighted by molar-refractivity contribution is -0.129. The summed E-state index contributed by atoms with van der Waals surface area (Å²) >= 11 is 1.55. The van der Waals surface area contributed by atoms with Crippen LogP contribution in [0.1, 0.15) is 19.8 Å². The zero-order valence-corrected chi connectivity index (χ0v) is 20.8. The van der Waals surface area contributed by atoms with Crippen LogP contribution in [0.25, 0.3) is 21.5 Å². The molecule has 2 aliphatic rings. The number of hydrogen-bond donors (Lipinski definition) is 1. The van der Waals surface area contributed by atoms with Crippen LogP contribution in [0, 0.1) is 5.92 Å². The Kier molecular flexibility index (Phi) is 6.72. The molecule has 2 fully saturated rings. The number of nitrogens with zero attached hydrogens (tertiary/aromatic N) is 4. The van der Waals surface area contributed by atoms with Crippen molar-refractivity contribution in [1.29, 1.82) is 0 Å². The number of amides is 2. The van der Waals surface area contributed by atoms with Gasteiger partial charge in [-0.3, -0.25) is 9.59 Å². The Labute approximate surface area is 208 Å². The summed E-state index contributed by atoms with van der Waals surface area (Å²) < 4.78 is 12.8. The molecule has 0 aliphatic carbocycles. The fourth-order valence-corrected chi connectivity index (χ4v) is 5.38. The molecule has 0 saturated carbocycles. The number of anilines is 1. The van der Waals surface area contributed by atoms with Gasteiger partial charge in [-0.05, 0) is 36.6 Å². The van der Waals surface area contributed by atoms with Gasteiger partial charge >= 0.3 is 0 Å². The van der Waals surface area contributed by atoms with Crippen LogP contribution in [0.4, 0.5) is 5.69 Å². The molecule has 2 saturated heterocycles. The van der Waals surface area contributed by atoms with E-state index in [1.165, 1.54) is 0 Å². The van der Waals surface area contributed by atoms with E-state index in [0.29, 0.717) is 37.9 Å². The first-order valence-electron chi connectivity index (χ1n) is 11.8. The highest BCUT2D eigenvalue weighted by Gasteiger charge is 2.23. The fourth-order valence-electron chi connectivity index (χ4n) is 4.64. The highest BCUT2D eigenvalue weighted by Crippen LogP contribution is 2.36. The van der Waals surface area contributed by atoms with Crippen LogP contribution in [0.2, 0.25) is 0 Å². The van der Waals surface area contributed by atoms with Gasteiger partial charge in [0.1, 0.15) is 11.4 Å². The number of fused-ring (bicyclic) bond motifs is 1. The Bertz CT molecular complexity index is 1240. The molecule has 3 aromatic rings. The van der Waals surface area contributed by atoms with Crippen molar-refractivity contribution in [1.82, 2.24) is 20.2 Å². The molecule has 10 heteroatoms. The number of carbonyl (C=O) groups is 2. The van der Waals surface area contributed by atoms with E-state index in [-0.39, 0.29) is 11.8 Å². The maximum atomic E-state index is 11.7. The van der Waals surface area contributed by atoms with Crippen molar-refractivity contribution in [2.75, 3.05) is 51.3 Å². The van der Waals surface area contributed by atoms with E-state index in [1.54, 1.807) is 25.4 Å². The second-order valence-electron chi connectivity index (χ2n) is 8.90. The normalized spacial score (nSPS) is 18.1. The van der Waals surface area contributed by atoms with E-state index in [4.69, 9.17) is 14.5 Å². The maximum Gasteiger partial charge on any atom is 0.237 e. The third-order valence-electron chi connectivity index (χ3n) is 6.64. The summed E-state index contributed by atoms with van der Waals surface area (Å²) in [6.45, 7) is 5.72. The average molecular weight is 496 g/mol. The van der Waals surface area contributed by atoms with Crippen LogP contribution in [0.5, 0.6) is 11.6 Å². The van der Waals surface area contributed by atoms with Crippen molar-refractivity contribution in [3.8, 4) is 22.9 Å². The molecule has 1 aromatic carbocycles. The van der Waals surface area contributed by atoms with E-state index < -0.39 is 0 Å². The zero-order chi connectivity index (χ0) is 24.4. The van der Waals surface area contributed by atoms with Crippen molar-refractivity contribution in [3.63, 3.8) is 0 Å². The van der Waals surface area contributed by atoms with E-state index in [2.05, 4.69) is 15.2 Å². The minimum atomic E-state index is 0.106. The summed E-state index contributed by atoms with van der Waals surface area (Å²) in [5.74, 6) is 1.87. The first kappa shape index (κ1) is 23.3. The Morgan fingerprint density at radius 3 is 2.77 bits per heavy atom. The van der Waals surface area contributed by atoms with E-state index in [1.807, 2.05) is 34.7 Å². The number of aromatic nitrogens is 2. The number of benzene rings is 1. The Morgan fingerprint density at radius 2 is 2.06 bits per heavy atom. The van der Waals surface area contributed by atoms with Crippen LogP contribution in [-0.4, -0.2) is 73.1 Å². The van der Waals surface area contributed by atoms with E-state index >= 15 is 0 Å². The molecule has 1 N–H and O–H groups in total. The van der Waals surface area contributed by atoms with Gasteiger partial charge in [-0.25, -0.2) is 9.97 Å². The molecular weight excluding hydrogens is 466 g/mol. The summed E-state index contributed by atoms with van der Waals surface area (Å²) in [5, 5.41) is 2.88. The Hall–Kier alpha value is -3.40.